The maximum Gasteiger partial charge on any atom is 0.230 e. The van der Waals surface area contributed by atoms with Crippen molar-refractivity contribution in [3.05, 3.63) is 17.5 Å². The molecule has 1 aromatic rings. The SMILES string of the molecule is C=CC(C)NCc1sc(N(C)C)nc1OC. The van der Waals surface area contributed by atoms with Crippen LogP contribution < -0.4 is 15.0 Å². The minimum Gasteiger partial charge on any atom is -0.480 e. The summed E-state index contributed by atoms with van der Waals surface area (Å²) >= 11 is 1.64. The molecule has 0 aromatic carbocycles. The first-order chi connectivity index (χ1) is 7.58. The molecule has 4 nitrogen and oxygen atoms in total. The third kappa shape index (κ3) is 3.21. The van der Waals surface area contributed by atoms with Crippen LogP contribution in [0.25, 0.3) is 0 Å². The second kappa shape index (κ2) is 5.86. The molecule has 0 amide bonds. The van der Waals surface area contributed by atoms with Gasteiger partial charge >= 0.3 is 0 Å². The summed E-state index contributed by atoms with van der Waals surface area (Å²) in [6.07, 6.45) is 1.88. The molecule has 0 fully saturated rings. The molecule has 0 spiro atoms. The zero-order valence-electron chi connectivity index (χ0n) is 10.3. The van der Waals surface area contributed by atoms with Crippen molar-refractivity contribution in [2.45, 2.75) is 19.5 Å². The van der Waals surface area contributed by atoms with E-state index in [9.17, 15) is 0 Å². The van der Waals surface area contributed by atoms with Crippen LogP contribution in [0.2, 0.25) is 0 Å². The monoisotopic (exact) mass is 241 g/mol. The molecule has 1 N–H and O–H groups in total. The normalized spacial score (nSPS) is 12.2. The average molecular weight is 241 g/mol. The largest absolute Gasteiger partial charge is 0.480 e. The van der Waals surface area contributed by atoms with Gasteiger partial charge in [-0.3, -0.25) is 0 Å². The predicted molar refractivity (Wildman–Crippen MR) is 69.5 cm³/mol. The van der Waals surface area contributed by atoms with E-state index >= 15 is 0 Å². The van der Waals surface area contributed by atoms with Crippen molar-refractivity contribution in [1.29, 1.82) is 0 Å². The van der Waals surface area contributed by atoms with Crippen molar-refractivity contribution < 1.29 is 4.74 Å². The number of thiazole rings is 1. The summed E-state index contributed by atoms with van der Waals surface area (Å²) < 4.78 is 5.25. The van der Waals surface area contributed by atoms with Crippen LogP contribution in [0.5, 0.6) is 5.88 Å². The van der Waals surface area contributed by atoms with E-state index in [2.05, 4.69) is 23.8 Å². The summed E-state index contributed by atoms with van der Waals surface area (Å²) in [7, 11) is 5.60. The van der Waals surface area contributed by atoms with Gasteiger partial charge in [0.1, 0.15) is 0 Å². The Balaban J connectivity index is 2.74. The fraction of sp³-hybridized carbons (Fsp3) is 0.545. The summed E-state index contributed by atoms with van der Waals surface area (Å²) in [5.74, 6) is 0.706. The molecule has 0 saturated carbocycles. The van der Waals surface area contributed by atoms with E-state index in [-0.39, 0.29) is 6.04 Å². The Hall–Kier alpha value is -1.07. The minimum atomic E-state index is 0.287. The highest BCUT2D eigenvalue weighted by molar-refractivity contribution is 7.15. The van der Waals surface area contributed by atoms with E-state index in [1.54, 1.807) is 18.4 Å². The smallest absolute Gasteiger partial charge is 0.230 e. The van der Waals surface area contributed by atoms with Gasteiger partial charge in [0.2, 0.25) is 5.88 Å². The molecule has 1 atom stereocenters. The lowest BCUT2D eigenvalue weighted by Gasteiger charge is -2.07. The number of nitrogens with one attached hydrogen (secondary N) is 1. The number of ether oxygens (including phenoxy) is 1. The second-order valence-corrected chi connectivity index (χ2v) is 4.79. The number of hydrogen-bond donors (Lipinski definition) is 1. The molecule has 0 radical (unpaired) electrons. The third-order valence-corrected chi connectivity index (χ3v) is 3.37. The van der Waals surface area contributed by atoms with Gasteiger partial charge in [0, 0.05) is 26.7 Å². The Bertz CT molecular complexity index is 349. The lowest BCUT2D eigenvalue weighted by molar-refractivity contribution is 0.394. The Morgan fingerprint density at radius 2 is 2.31 bits per heavy atom. The van der Waals surface area contributed by atoms with Crippen LogP contribution >= 0.6 is 11.3 Å². The van der Waals surface area contributed by atoms with E-state index in [0.717, 1.165) is 16.6 Å². The first-order valence-electron chi connectivity index (χ1n) is 5.15. The highest BCUT2D eigenvalue weighted by atomic mass is 32.1. The van der Waals surface area contributed by atoms with Crippen molar-refractivity contribution in [3.8, 4) is 5.88 Å². The first kappa shape index (κ1) is 13.0. The highest BCUT2D eigenvalue weighted by Crippen LogP contribution is 2.30. The van der Waals surface area contributed by atoms with Crippen molar-refractivity contribution in [2.24, 2.45) is 0 Å². The molecule has 0 aliphatic rings. The maximum absolute atomic E-state index is 5.25. The van der Waals surface area contributed by atoms with Gasteiger partial charge in [-0.25, -0.2) is 0 Å². The summed E-state index contributed by atoms with van der Waals surface area (Å²) in [5.41, 5.74) is 0. The predicted octanol–water partition coefficient (Wildman–Crippen LogP) is 1.88. The van der Waals surface area contributed by atoms with Gasteiger partial charge in [-0.15, -0.1) is 6.58 Å². The lowest BCUT2D eigenvalue weighted by Crippen LogP contribution is -2.22. The third-order valence-electron chi connectivity index (χ3n) is 2.16. The van der Waals surface area contributed by atoms with E-state index < -0.39 is 0 Å². The van der Waals surface area contributed by atoms with E-state index in [1.807, 2.05) is 25.1 Å². The fourth-order valence-electron chi connectivity index (χ4n) is 1.13. The quantitative estimate of drug-likeness (QED) is 0.772. The second-order valence-electron chi connectivity index (χ2n) is 3.73. The van der Waals surface area contributed by atoms with Crippen molar-refractivity contribution in [3.63, 3.8) is 0 Å². The number of aromatic nitrogens is 1. The molecular formula is C11H19N3OS. The molecule has 5 heteroatoms. The summed E-state index contributed by atoms with van der Waals surface area (Å²) in [4.78, 5) is 7.48. The molecule has 1 unspecified atom stereocenters. The molecule has 90 valence electrons. The molecule has 0 bridgehead atoms. The van der Waals surface area contributed by atoms with Crippen molar-refractivity contribution in [2.75, 3.05) is 26.1 Å². The molecule has 1 rings (SSSR count). The fourth-order valence-corrected chi connectivity index (χ4v) is 2.03. The van der Waals surface area contributed by atoms with Crippen LogP contribution in [0.15, 0.2) is 12.7 Å². The molecular weight excluding hydrogens is 222 g/mol. The number of methoxy groups -OCH3 is 1. The number of hydrogen-bond acceptors (Lipinski definition) is 5. The molecule has 0 aliphatic heterocycles. The van der Waals surface area contributed by atoms with E-state index in [0.29, 0.717) is 5.88 Å². The van der Waals surface area contributed by atoms with Crippen LogP contribution in [0.3, 0.4) is 0 Å². The zero-order valence-corrected chi connectivity index (χ0v) is 11.1. The van der Waals surface area contributed by atoms with Crippen molar-refractivity contribution in [1.82, 2.24) is 10.3 Å². The van der Waals surface area contributed by atoms with Crippen LogP contribution in [-0.4, -0.2) is 32.2 Å². The molecule has 0 aliphatic carbocycles. The Morgan fingerprint density at radius 3 is 2.81 bits per heavy atom. The minimum absolute atomic E-state index is 0.287. The van der Waals surface area contributed by atoms with Gasteiger partial charge in [0.05, 0.1) is 12.0 Å². The van der Waals surface area contributed by atoms with Crippen LogP contribution in [0.1, 0.15) is 11.8 Å². The first-order valence-corrected chi connectivity index (χ1v) is 5.97. The Labute approximate surface area is 101 Å². The van der Waals surface area contributed by atoms with Crippen LogP contribution in [0, 0.1) is 0 Å². The van der Waals surface area contributed by atoms with Crippen LogP contribution in [-0.2, 0) is 6.54 Å². The van der Waals surface area contributed by atoms with Gasteiger partial charge in [-0.05, 0) is 6.92 Å². The molecule has 0 saturated heterocycles. The molecule has 1 heterocycles. The zero-order chi connectivity index (χ0) is 12.1. The van der Waals surface area contributed by atoms with E-state index in [4.69, 9.17) is 4.74 Å². The Kier molecular flexibility index (Phi) is 4.76. The topological polar surface area (TPSA) is 37.4 Å². The van der Waals surface area contributed by atoms with Gasteiger partial charge in [0.15, 0.2) is 5.13 Å². The van der Waals surface area contributed by atoms with Gasteiger partial charge < -0.3 is 15.0 Å². The standard InChI is InChI=1S/C11H19N3OS/c1-6-8(2)12-7-9-10(15-5)13-11(16-9)14(3)4/h6,8,12H,1,7H2,2-5H3. The Morgan fingerprint density at radius 1 is 1.62 bits per heavy atom. The number of rotatable bonds is 6. The lowest BCUT2D eigenvalue weighted by atomic mass is 10.3. The maximum atomic E-state index is 5.25. The summed E-state index contributed by atoms with van der Waals surface area (Å²) in [6, 6.07) is 0.287. The summed E-state index contributed by atoms with van der Waals surface area (Å²) in [5, 5.41) is 4.29. The summed E-state index contributed by atoms with van der Waals surface area (Å²) in [6.45, 7) is 6.55. The number of nitrogens with zero attached hydrogens (tertiary/aromatic N) is 2. The highest BCUT2D eigenvalue weighted by Gasteiger charge is 2.12. The van der Waals surface area contributed by atoms with Gasteiger partial charge in [-0.1, -0.05) is 17.4 Å². The average Bonchev–Trinajstić information content (AvgIpc) is 2.69. The molecule has 1 aromatic heterocycles. The van der Waals surface area contributed by atoms with Gasteiger partial charge in [-0.2, -0.15) is 4.98 Å². The van der Waals surface area contributed by atoms with Crippen molar-refractivity contribution >= 4 is 16.5 Å². The van der Waals surface area contributed by atoms with E-state index in [1.165, 1.54) is 0 Å². The number of anilines is 1. The van der Waals surface area contributed by atoms with Crippen LogP contribution in [0.4, 0.5) is 5.13 Å². The van der Waals surface area contributed by atoms with Gasteiger partial charge in [0.25, 0.3) is 0 Å². The molecule has 16 heavy (non-hydrogen) atoms.